The van der Waals surface area contributed by atoms with Gasteiger partial charge in [-0.3, -0.25) is 0 Å². The molecule has 1 atom stereocenters. The maximum Gasteiger partial charge on any atom is 0.0414 e. The Morgan fingerprint density at radius 1 is 1.37 bits per heavy atom. The molecular weight excluding hydrogens is 324 g/mol. The van der Waals surface area contributed by atoms with Crippen LogP contribution >= 0.6 is 27.5 Å². The van der Waals surface area contributed by atoms with Crippen LogP contribution in [0.2, 0.25) is 5.02 Å². The molecule has 1 unspecified atom stereocenters. The van der Waals surface area contributed by atoms with Gasteiger partial charge in [0.1, 0.15) is 0 Å². The first-order chi connectivity index (χ1) is 9.15. The second-order valence-electron chi connectivity index (χ2n) is 5.28. The fourth-order valence-corrected chi connectivity index (χ4v) is 3.49. The lowest BCUT2D eigenvalue weighted by molar-refractivity contribution is 0.328. The molecule has 0 aliphatic carbocycles. The zero-order valence-corrected chi connectivity index (χ0v) is 14.0. The van der Waals surface area contributed by atoms with Crippen LogP contribution in [0, 0.1) is 0 Å². The van der Waals surface area contributed by atoms with Crippen molar-refractivity contribution in [3.8, 4) is 0 Å². The van der Waals surface area contributed by atoms with E-state index in [1.807, 2.05) is 6.07 Å². The number of hydrogen-bond donors (Lipinski definition) is 0. The van der Waals surface area contributed by atoms with E-state index in [9.17, 15) is 0 Å². The van der Waals surface area contributed by atoms with E-state index < -0.39 is 0 Å². The Morgan fingerprint density at radius 3 is 2.84 bits per heavy atom. The Kier molecular flexibility index (Phi) is 5.55. The van der Waals surface area contributed by atoms with Crippen LogP contribution in [0.4, 0.5) is 5.69 Å². The van der Waals surface area contributed by atoms with E-state index >= 15 is 0 Å². The molecule has 0 radical (unpaired) electrons. The fourth-order valence-electron chi connectivity index (χ4n) is 2.85. The van der Waals surface area contributed by atoms with Crippen molar-refractivity contribution in [2.24, 2.45) is 0 Å². The number of anilines is 1. The van der Waals surface area contributed by atoms with Gasteiger partial charge in [0.2, 0.25) is 0 Å². The fraction of sp³-hybridized carbons (Fsp3) is 0.600. The highest BCUT2D eigenvalue weighted by molar-refractivity contribution is 9.08. The Balaban J connectivity index is 2.32. The molecule has 2 nitrogen and oxygen atoms in total. The van der Waals surface area contributed by atoms with E-state index in [0.717, 1.165) is 23.4 Å². The van der Waals surface area contributed by atoms with Gasteiger partial charge in [-0.15, -0.1) is 0 Å². The van der Waals surface area contributed by atoms with Gasteiger partial charge in [-0.2, -0.15) is 0 Å². The molecule has 0 amide bonds. The summed E-state index contributed by atoms with van der Waals surface area (Å²) in [5.74, 6) is 0. The highest BCUT2D eigenvalue weighted by Crippen LogP contribution is 2.29. The molecule has 1 aliphatic rings. The zero-order chi connectivity index (χ0) is 13.8. The first-order valence-corrected chi connectivity index (χ1v) is 8.45. The Hall–Kier alpha value is -0.250. The molecule has 1 heterocycles. The average molecular weight is 346 g/mol. The first kappa shape index (κ1) is 15.1. The molecule has 1 aromatic rings. The molecule has 0 aromatic heterocycles. The van der Waals surface area contributed by atoms with E-state index in [4.69, 9.17) is 11.6 Å². The van der Waals surface area contributed by atoms with Crippen molar-refractivity contribution in [2.75, 3.05) is 31.6 Å². The number of alkyl halides is 1. The molecule has 1 saturated heterocycles. The average Bonchev–Trinajstić information content (AvgIpc) is 2.60. The van der Waals surface area contributed by atoms with Crippen molar-refractivity contribution in [1.82, 2.24) is 4.90 Å². The molecule has 0 spiro atoms. The van der Waals surface area contributed by atoms with Crippen LogP contribution in [-0.2, 0) is 5.33 Å². The summed E-state index contributed by atoms with van der Waals surface area (Å²) in [6.07, 6.45) is 2.39. The van der Waals surface area contributed by atoms with E-state index in [1.54, 1.807) is 0 Å². The number of halogens is 2. The summed E-state index contributed by atoms with van der Waals surface area (Å²) in [6.45, 7) is 5.73. The van der Waals surface area contributed by atoms with Crippen molar-refractivity contribution in [3.63, 3.8) is 0 Å². The molecule has 1 fully saturated rings. The number of likely N-dealkylation sites (N-methyl/N-ethyl adjacent to an activating group) is 1. The summed E-state index contributed by atoms with van der Waals surface area (Å²) in [7, 11) is 2.22. The van der Waals surface area contributed by atoms with E-state index in [2.05, 4.69) is 51.8 Å². The van der Waals surface area contributed by atoms with Crippen molar-refractivity contribution >= 4 is 33.2 Å². The van der Waals surface area contributed by atoms with Crippen molar-refractivity contribution in [2.45, 2.75) is 31.1 Å². The number of benzene rings is 1. The standard InChI is InChI=1S/C15H22BrClN2/c1-3-14-11-18(2)7-4-8-19(14)15-6-5-13(17)9-12(15)10-16/h5-6,9,14H,3-4,7-8,10-11H2,1-2H3. The first-order valence-electron chi connectivity index (χ1n) is 6.95. The van der Waals surface area contributed by atoms with Crippen LogP contribution in [0.5, 0.6) is 0 Å². The Bertz CT molecular complexity index is 425. The molecule has 106 valence electrons. The van der Waals surface area contributed by atoms with Crippen molar-refractivity contribution < 1.29 is 0 Å². The highest BCUT2D eigenvalue weighted by Gasteiger charge is 2.23. The maximum atomic E-state index is 6.11. The molecule has 0 saturated carbocycles. The lowest BCUT2D eigenvalue weighted by atomic mass is 10.1. The lowest BCUT2D eigenvalue weighted by Gasteiger charge is -2.33. The summed E-state index contributed by atoms with van der Waals surface area (Å²) in [5, 5.41) is 1.67. The van der Waals surface area contributed by atoms with E-state index in [1.165, 1.54) is 30.6 Å². The summed E-state index contributed by atoms with van der Waals surface area (Å²) in [4.78, 5) is 5.01. The van der Waals surface area contributed by atoms with Gasteiger partial charge in [0.15, 0.2) is 0 Å². The quantitative estimate of drug-likeness (QED) is 0.759. The smallest absolute Gasteiger partial charge is 0.0414 e. The predicted octanol–water partition coefficient (Wildman–Crippen LogP) is 4.16. The van der Waals surface area contributed by atoms with Gasteiger partial charge in [0.05, 0.1) is 0 Å². The van der Waals surface area contributed by atoms with Gasteiger partial charge in [-0.25, -0.2) is 0 Å². The summed E-state index contributed by atoms with van der Waals surface area (Å²) in [5.41, 5.74) is 2.62. The van der Waals surface area contributed by atoms with Crippen LogP contribution in [0.25, 0.3) is 0 Å². The SMILES string of the molecule is CCC1CN(C)CCCN1c1ccc(Cl)cc1CBr. The molecule has 1 aliphatic heterocycles. The second kappa shape index (κ2) is 6.96. The van der Waals surface area contributed by atoms with Gasteiger partial charge in [0.25, 0.3) is 0 Å². The number of hydrogen-bond acceptors (Lipinski definition) is 2. The summed E-state index contributed by atoms with van der Waals surface area (Å²) < 4.78 is 0. The normalized spacial score (nSPS) is 21.5. The highest BCUT2D eigenvalue weighted by atomic mass is 79.9. The lowest BCUT2D eigenvalue weighted by Crippen LogP contribution is -2.40. The molecule has 4 heteroatoms. The topological polar surface area (TPSA) is 6.48 Å². The van der Waals surface area contributed by atoms with Gasteiger partial charge >= 0.3 is 0 Å². The number of rotatable bonds is 3. The van der Waals surface area contributed by atoms with Gasteiger partial charge < -0.3 is 9.80 Å². The minimum atomic E-state index is 0.589. The minimum Gasteiger partial charge on any atom is -0.367 e. The summed E-state index contributed by atoms with van der Waals surface area (Å²) in [6, 6.07) is 6.84. The Labute approximate surface area is 129 Å². The van der Waals surface area contributed by atoms with E-state index in [-0.39, 0.29) is 0 Å². The Morgan fingerprint density at radius 2 is 2.16 bits per heavy atom. The third-order valence-corrected chi connectivity index (χ3v) is 4.71. The predicted molar refractivity (Wildman–Crippen MR) is 87.6 cm³/mol. The van der Waals surface area contributed by atoms with Crippen molar-refractivity contribution in [1.29, 1.82) is 0 Å². The molecule has 0 bridgehead atoms. The third-order valence-electron chi connectivity index (χ3n) is 3.87. The summed E-state index contributed by atoms with van der Waals surface area (Å²) >= 11 is 9.70. The number of nitrogens with zero attached hydrogens (tertiary/aromatic N) is 2. The monoisotopic (exact) mass is 344 g/mol. The maximum absolute atomic E-state index is 6.11. The molecule has 0 N–H and O–H groups in total. The molecule has 2 rings (SSSR count). The van der Waals surface area contributed by atoms with E-state index in [0.29, 0.717) is 6.04 Å². The second-order valence-corrected chi connectivity index (χ2v) is 6.28. The largest absolute Gasteiger partial charge is 0.367 e. The van der Waals surface area contributed by atoms with Crippen LogP contribution in [0.15, 0.2) is 18.2 Å². The van der Waals surface area contributed by atoms with Crippen LogP contribution in [-0.4, -0.2) is 37.6 Å². The van der Waals surface area contributed by atoms with Gasteiger partial charge in [-0.1, -0.05) is 34.5 Å². The molecule has 19 heavy (non-hydrogen) atoms. The van der Waals surface area contributed by atoms with Crippen LogP contribution in [0.3, 0.4) is 0 Å². The van der Waals surface area contributed by atoms with Gasteiger partial charge in [-0.05, 0) is 50.2 Å². The molecule has 1 aromatic carbocycles. The third kappa shape index (κ3) is 3.65. The zero-order valence-electron chi connectivity index (χ0n) is 11.7. The van der Waals surface area contributed by atoms with Gasteiger partial charge in [0, 0.05) is 35.2 Å². The van der Waals surface area contributed by atoms with Crippen LogP contribution < -0.4 is 4.90 Å². The molecular formula is C15H22BrClN2. The van der Waals surface area contributed by atoms with Crippen LogP contribution in [0.1, 0.15) is 25.3 Å². The van der Waals surface area contributed by atoms with Crippen molar-refractivity contribution in [3.05, 3.63) is 28.8 Å². The minimum absolute atomic E-state index is 0.589.